The number of pyridine rings is 2. The normalized spacial score (nSPS) is 13.1. The summed E-state index contributed by atoms with van der Waals surface area (Å²) in [6.07, 6.45) is 7.11. The Balaban J connectivity index is 1.94. The lowest BCUT2D eigenvalue weighted by Crippen LogP contribution is -2.30. The number of oxazole rings is 1. The van der Waals surface area contributed by atoms with E-state index >= 15 is 0 Å². The lowest BCUT2D eigenvalue weighted by Gasteiger charge is -1.88. The van der Waals surface area contributed by atoms with E-state index in [9.17, 15) is 0 Å². The third-order valence-electron chi connectivity index (χ3n) is 3.61. The third kappa shape index (κ3) is 1.03. The van der Waals surface area contributed by atoms with Gasteiger partial charge in [-0.05, 0) is 12.1 Å². The van der Waals surface area contributed by atoms with E-state index in [2.05, 4.69) is 14.5 Å². The van der Waals surface area contributed by atoms with Crippen LogP contribution in [0.3, 0.4) is 0 Å². The first kappa shape index (κ1) is 9.27. The molecular formula is C14H8N3O2+. The Morgan fingerprint density at radius 2 is 1.95 bits per heavy atom. The molecule has 5 heterocycles. The maximum absolute atomic E-state index is 5.85. The fourth-order valence-corrected chi connectivity index (χ4v) is 2.76. The number of aromatic nitrogens is 3. The zero-order valence-electron chi connectivity index (χ0n) is 9.83. The van der Waals surface area contributed by atoms with Crippen LogP contribution in [-0.4, -0.2) is 9.97 Å². The Morgan fingerprint density at radius 1 is 1.05 bits per heavy atom. The highest BCUT2D eigenvalue weighted by atomic mass is 16.5. The second-order valence-corrected chi connectivity index (χ2v) is 4.64. The minimum Gasteiger partial charge on any atom is -0.418 e. The molecule has 4 aromatic rings. The highest BCUT2D eigenvalue weighted by Gasteiger charge is 2.37. The van der Waals surface area contributed by atoms with Gasteiger partial charge in [-0.3, -0.25) is 9.97 Å². The average molecular weight is 250 g/mol. The lowest BCUT2D eigenvalue weighted by atomic mass is 10.2. The van der Waals surface area contributed by atoms with Gasteiger partial charge in [-0.2, -0.15) is 0 Å². The number of fused-ring (bicyclic) bond motifs is 7. The predicted octanol–water partition coefficient (Wildman–Crippen LogP) is 2.29. The second-order valence-electron chi connectivity index (χ2n) is 4.64. The zero-order chi connectivity index (χ0) is 12.4. The van der Waals surface area contributed by atoms with Gasteiger partial charge in [0, 0.05) is 24.2 Å². The predicted molar refractivity (Wildman–Crippen MR) is 66.3 cm³/mol. The van der Waals surface area contributed by atoms with Crippen LogP contribution in [0.1, 0.15) is 5.56 Å². The van der Waals surface area contributed by atoms with Crippen LogP contribution >= 0.6 is 0 Å². The maximum atomic E-state index is 5.85. The van der Waals surface area contributed by atoms with Crippen LogP contribution in [-0.2, 0) is 6.54 Å². The molecule has 5 nitrogen and oxygen atoms in total. The molecule has 0 saturated carbocycles. The molecule has 0 radical (unpaired) electrons. The largest absolute Gasteiger partial charge is 0.418 e. The van der Waals surface area contributed by atoms with Gasteiger partial charge in [-0.15, -0.1) is 4.57 Å². The van der Waals surface area contributed by atoms with Crippen LogP contribution in [0, 0.1) is 0 Å². The molecule has 0 aliphatic carbocycles. The van der Waals surface area contributed by atoms with Crippen LogP contribution in [0.25, 0.3) is 33.7 Å². The van der Waals surface area contributed by atoms with Gasteiger partial charge >= 0.3 is 17.2 Å². The van der Waals surface area contributed by atoms with Crippen LogP contribution < -0.4 is 4.57 Å². The SMILES string of the molecule is c1cc2c(cn1)-c1oc3oc4cnccc4c3[n+]1C2. The van der Waals surface area contributed by atoms with Gasteiger partial charge in [0.25, 0.3) is 0 Å². The van der Waals surface area contributed by atoms with E-state index in [1.54, 1.807) is 18.6 Å². The quantitative estimate of drug-likeness (QED) is 0.396. The lowest BCUT2D eigenvalue weighted by molar-refractivity contribution is -0.648. The summed E-state index contributed by atoms with van der Waals surface area (Å²) < 4.78 is 13.7. The molecule has 1 aliphatic rings. The summed E-state index contributed by atoms with van der Waals surface area (Å²) in [6, 6.07) is 3.97. The first-order valence-electron chi connectivity index (χ1n) is 6.04. The van der Waals surface area contributed by atoms with Gasteiger partial charge in [-0.25, -0.2) is 0 Å². The topological polar surface area (TPSA) is 55.9 Å². The molecule has 0 amide bonds. The molecule has 4 aromatic heterocycles. The molecule has 0 unspecified atom stereocenters. The van der Waals surface area contributed by atoms with Crippen molar-refractivity contribution in [2.24, 2.45) is 0 Å². The molecule has 0 saturated heterocycles. The summed E-state index contributed by atoms with van der Waals surface area (Å²) in [7, 11) is 0. The first-order valence-corrected chi connectivity index (χ1v) is 6.04. The van der Waals surface area contributed by atoms with Crippen molar-refractivity contribution in [3.05, 3.63) is 42.5 Å². The monoisotopic (exact) mass is 250 g/mol. The maximum Gasteiger partial charge on any atom is 0.386 e. The van der Waals surface area contributed by atoms with Gasteiger partial charge in [0.15, 0.2) is 12.1 Å². The highest BCUT2D eigenvalue weighted by Crippen LogP contribution is 2.34. The Labute approximate surface area is 107 Å². The van der Waals surface area contributed by atoms with Crippen molar-refractivity contribution in [2.45, 2.75) is 6.54 Å². The van der Waals surface area contributed by atoms with E-state index in [0.29, 0.717) is 5.78 Å². The second kappa shape index (κ2) is 3.00. The molecule has 19 heavy (non-hydrogen) atoms. The van der Waals surface area contributed by atoms with Crippen LogP contribution in [0.2, 0.25) is 0 Å². The molecule has 5 rings (SSSR count). The number of furan rings is 1. The Hall–Kier alpha value is -2.69. The van der Waals surface area contributed by atoms with E-state index in [0.717, 1.165) is 34.5 Å². The molecule has 0 spiro atoms. The van der Waals surface area contributed by atoms with E-state index in [-0.39, 0.29) is 0 Å². The Bertz CT molecular complexity index is 952. The fraction of sp³-hybridized carbons (Fsp3) is 0.0714. The summed E-state index contributed by atoms with van der Waals surface area (Å²) in [5.74, 6) is 1.36. The summed E-state index contributed by atoms with van der Waals surface area (Å²) >= 11 is 0. The van der Waals surface area contributed by atoms with Crippen molar-refractivity contribution in [3.63, 3.8) is 0 Å². The zero-order valence-corrected chi connectivity index (χ0v) is 9.83. The number of hydrogen-bond acceptors (Lipinski definition) is 4. The van der Waals surface area contributed by atoms with Crippen molar-refractivity contribution >= 4 is 22.3 Å². The van der Waals surface area contributed by atoms with Crippen LogP contribution in [0.4, 0.5) is 0 Å². The number of rotatable bonds is 0. The standard InChI is InChI=1S/C14H8N3O2/c1-3-15-5-10-8(1)7-17-12-9-2-4-16-6-11(9)18-14(12)19-13(10)17/h1-6H,7H2/q+1. The van der Waals surface area contributed by atoms with Gasteiger partial charge in [0.05, 0.1) is 11.6 Å². The van der Waals surface area contributed by atoms with Crippen molar-refractivity contribution in [1.29, 1.82) is 0 Å². The molecular weight excluding hydrogens is 242 g/mol. The molecule has 0 fully saturated rings. The molecule has 5 heteroatoms. The summed E-state index contributed by atoms with van der Waals surface area (Å²) in [5.41, 5.74) is 4.00. The van der Waals surface area contributed by atoms with Crippen molar-refractivity contribution < 1.29 is 13.4 Å². The van der Waals surface area contributed by atoms with E-state index in [1.165, 1.54) is 5.56 Å². The number of nitrogens with zero attached hydrogens (tertiary/aromatic N) is 3. The molecule has 0 bridgehead atoms. The average Bonchev–Trinajstić information content (AvgIpc) is 3.05. The minimum atomic E-state index is 0.549. The molecule has 90 valence electrons. The van der Waals surface area contributed by atoms with E-state index < -0.39 is 0 Å². The highest BCUT2D eigenvalue weighted by molar-refractivity contribution is 5.98. The van der Waals surface area contributed by atoms with Crippen molar-refractivity contribution in [1.82, 2.24) is 9.97 Å². The Morgan fingerprint density at radius 3 is 2.95 bits per heavy atom. The van der Waals surface area contributed by atoms with E-state index in [1.807, 2.05) is 18.3 Å². The van der Waals surface area contributed by atoms with Gasteiger partial charge in [-0.1, -0.05) is 0 Å². The van der Waals surface area contributed by atoms with Crippen molar-refractivity contribution in [2.75, 3.05) is 0 Å². The molecule has 0 N–H and O–H groups in total. The number of hydrogen-bond donors (Lipinski definition) is 0. The van der Waals surface area contributed by atoms with Gasteiger partial charge in [0.1, 0.15) is 5.56 Å². The minimum absolute atomic E-state index is 0.549. The summed E-state index contributed by atoms with van der Waals surface area (Å²) in [4.78, 5) is 8.22. The molecule has 1 aliphatic heterocycles. The molecule has 0 aromatic carbocycles. The van der Waals surface area contributed by atoms with Crippen molar-refractivity contribution in [3.8, 4) is 11.5 Å². The van der Waals surface area contributed by atoms with Gasteiger partial charge in [0.2, 0.25) is 0 Å². The fourth-order valence-electron chi connectivity index (χ4n) is 2.76. The van der Waals surface area contributed by atoms with Crippen LogP contribution in [0.5, 0.6) is 0 Å². The van der Waals surface area contributed by atoms with Crippen LogP contribution in [0.15, 0.2) is 45.8 Å². The summed E-state index contributed by atoms with van der Waals surface area (Å²) in [6.45, 7) is 0.789. The van der Waals surface area contributed by atoms with E-state index in [4.69, 9.17) is 8.83 Å². The molecule has 0 atom stereocenters. The smallest absolute Gasteiger partial charge is 0.386 e. The third-order valence-corrected chi connectivity index (χ3v) is 3.61. The van der Waals surface area contributed by atoms with Gasteiger partial charge < -0.3 is 8.83 Å². The Kier molecular flexibility index (Phi) is 1.46. The summed E-state index contributed by atoms with van der Waals surface area (Å²) in [5, 5.41) is 1.03. The first-order chi connectivity index (χ1) is 9.42.